The molecule has 0 radical (unpaired) electrons. The highest BCUT2D eigenvalue weighted by Crippen LogP contribution is 2.36. The quantitative estimate of drug-likeness (QED) is 0.690. The summed E-state index contributed by atoms with van der Waals surface area (Å²) in [5.41, 5.74) is -0.504. The van der Waals surface area contributed by atoms with Gasteiger partial charge < -0.3 is 5.32 Å². The third kappa shape index (κ3) is 4.25. The number of aryl methyl sites for hydroxylation is 1. The van der Waals surface area contributed by atoms with Gasteiger partial charge in [-0.2, -0.15) is 23.4 Å². The van der Waals surface area contributed by atoms with E-state index in [4.69, 9.17) is 23.2 Å². The molecule has 0 aliphatic heterocycles. The molecule has 0 saturated carbocycles. The highest BCUT2D eigenvalue weighted by molar-refractivity contribution is 6.34. The molecule has 1 N–H and O–H groups in total. The molecule has 0 unspecified atom stereocenters. The molecule has 0 spiro atoms. The van der Waals surface area contributed by atoms with Gasteiger partial charge in [-0.3, -0.25) is 14.2 Å². The molecule has 1 amide bonds. The van der Waals surface area contributed by atoms with Crippen LogP contribution in [0.1, 0.15) is 21.7 Å². The lowest BCUT2D eigenvalue weighted by atomic mass is 10.2. The molecule has 142 valence electrons. The van der Waals surface area contributed by atoms with Gasteiger partial charge in [-0.15, -0.1) is 0 Å². The number of hydrogen-bond acceptors (Lipinski definition) is 3. The fraction of sp³-hybridized carbons (Fsp3) is 0.188. The fourth-order valence-electron chi connectivity index (χ4n) is 2.50. The molecular formula is C16H12Cl2F3N5O. The van der Waals surface area contributed by atoms with E-state index in [1.54, 1.807) is 35.1 Å². The van der Waals surface area contributed by atoms with Gasteiger partial charge in [-0.1, -0.05) is 35.3 Å². The number of carbonyl (C=O) groups excluding carboxylic acids is 1. The molecule has 1 aromatic carbocycles. The minimum absolute atomic E-state index is 0.381. The predicted octanol–water partition coefficient (Wildman–Crippen LogP) is 4.24. The Labute approximate surface area is 161 Å². The summed E-state index contributed by atoms with van der Waals surface area (Å²) in [6.07, 6.45) is -1.59. The summed E-state index contributed by atoms with van der Waals surface area (Å²) in [6, 6.07) is 6.76. The maximum Gasteiger partial charge on any atom is 0.434 e. The van der Waals surface area contributed by atoms with Gasteiger partial charge in [0.1, 0.15) is 5.02 Å². The molecule has 3 aromatic rings. The van der Waals surface area contributed by atoms with Gasteiger partial charge >= 0.3 is 6.18 Å². The zero-order valence-electron chi connectivity index (χ0n) is 13.8. The summed E-state index contributed by atoms with van der Waals surface area (Å²) in [7, 11) is 1.07. The second-order valence-corrected chi connectivity index (χ2v) is 6.46. The zero-order valence-corrected chi connectivity index (χ0v) is 15.3. The number of aromatic nitrogens is 4. The Kier molecular flexibility index (Phi) is 5.16. The van der Waals surface area contributed by atoms with Crippen LogP contribution in [-0.2, 0) is 19.8 Å². The van der Waals surface area contributed by atoms with E-state index < -0.39 is 28.5 Å². The standard InChI is InChI=1S/C16H12Cl2F3N5O/c1-25-14(16(19,20)21)12(18)13(24-25)15(27)23-11-4-2-3-9(5-11)7-26-8-10(17)6-22-26/h2-6,8H,7H2,1H3,(H,23,27). The van der Waals surface area contributed by atoms with E-state index in [9.17, 15) is 18.0 Å². The number of alkyl halides is 3. The SMILES string of the molecule is Cn1nc(C(=O)Nc2cccc(Cn3cc(Cl)cn3)c2)c(Cl)c1C(F)(F)F. The van der Waals surface area contributed by atoms with Crippen LogP contribution in [0.15, 0.2) is 36.7 Å². The lowest BCUT2D eigenvalue weighted by Crippen LogP contribution is -2.14. The van der Waals surface area contributed by atoms with E-state index in [-0.39, 0.29) is 0 Å². The van der Waals surface area contributed by atoms with Crippen molar-refractivity contribution in [2.24, 2.45) is 7.05 Å². The van der Waals surface area contributed by atoms with Crippen LogP contribution in [0.5, 0.6) is 0 Å². The first-order chi connectivity index (χ1) is 12.6. The molecular weight excluding hydrogens is 406 g/mol. The van der Waals surface area contributed by atoms with Gasteiger partial charge in [0.15, 0.2) is 11.4 Å². The van der Waals surface area contributed by atoms with Crippen molar-refractivity contribution in [1.29, 1.82) is 0 Å². The lowest BCUT2D eigenvalue weighted by molar-refractivity contribution is -0.143. The molecule has 6 nitrogen and oxygen atoms in total. The predicted molar refractivity (Wildman–Crippen MR) is 94.0 cm³/mol. The topological polar surface area (TPSA) is 64.7 Å². The number of nitrogens with one attached hydrogen (secondary N) is 1. The number of halogens is 5. The van der Waals surface area contributed by atoms with Crippen LogP contribution in [0.25, 0.3) is 0 Å². The van der Waals surface area contributed by atoms with Gasteiger partial charge in [0.05, 0.1) is 17.8 Å². The van der Waals surface area contributed by atoms with E-state index >= 15 is 0 Å². The number of amides is 1. The fourth-order valence-corrected chi connectivity index (χ4v) is 3.01. The average molecular weight is 418 g/mol. The van der Waals surface area contributed by atoms with E-state index in [0.29, 0.717) is 21.9 Å². The van der Waals surface area contributed by atoms with Crippen molar-refractivity contribution in [3.8, 4) is 0 Å². The van der Waals surface area contributed by atoms with Crippen molar-refractivity contribution >= 4 is 34.8 Å². The number of benzene rings is 1. The lowest BCUT2D eigenvalue weighted by Gasteiger charge is -2.07. The molecule has 0 atom stereocenters. The number of carbonyl (C=O) groups is 1. The molecule has 3 rings (SSSR count). The van der Waals surface area contributed by atoms with E-state index in [1.807, 2.05) is 0 Å². The minimum Gasteiger partial charge on any atom is -0.321 e. The van der Waals surface area contributed by atoms with Crippen molar-refractivity contribution in [1.82, 2.24) is 19.6 Å². The Morgan fingerprint density at radius 2 is 2.04 bits per heavy atom. The van der Waals surface area contributed by atoms with Crippen LogP contribution in [0, 0.1) is 0 Å². The zero-order chi connectivity index (χ0) is 19.8. The van der Waals surface area contributed by atoms with Crippen LogP contribution in [-0.4, -0.2) is 25.5 Å². The molecule has 0 fully saturated rings. The normalized spacial score (nSPS) is 11.6. The second-order valence-electron chi connectivity index (χ2n) is 5.64. The molecule has 0 aliphatic carbocycles. The van der Waals surface area contributed by atoms with Crippen LogP contribution in [0.3, 0.4) is 0 Å². The average Bonchev–Trinajstić information content (AvgIpc) is 3.09. The van der Waals surface area contributed by atoms with Gasteiger partial charge in [-0.05, 0) is 17.7 Å². The Balaban J connectivity index is 1.80. The summed E-state index contributed by atoms with van der Waals surface area (Å²) in [6.45, 7) is 0.402. The smallest absolute Gasteiger partial charge is 0.321 e. The molecule has 0 bridgehead atoms. The van der Waals surface area contributed by atoms with Crippen LogP contribution in [0.4, 0.5) is 18.9 Å². The molecule has 11 heteroatoms. The molecule has 0 saturated heterocycles. The molecule has 27 heavy (non-hydrogen) atoms. The molecule has 2 aromatic heterocycles. The van der Waals surface area contributed by atoms with Crippen molar-refractivity contribution in [3.63, 3.8) is 0 Å². The summed E-state index contributed by atoms with van der Waals surface area (Å²) >= 11 is 11.5. The monoisotopic (exact) mass is 417 g/mol. The maximum atomic E-state index is 13.0. The van der Waals surface area contributed by atoms with Crippen molar-refractivity contribution < 1.29 is 18.0 Å². The number of nitrogens with zero attached hydrogens (tertiary/aromatic N) is 4. The van der Waals surface area contributed by atoms with Crippen LogP contribution >= 0.6 is 23.2 Å². The molecule has 0 aliphatic rings. The highest BCUT2D eigenvalue weighted by Gasteiger charge is 2.40. The van der Waals surface area contributed by atoms with Crippen molar-refractivity contribution in [2.75, 3.05) is 5.32 Å². The Bertz CT molecular complexity index is 996. The first-order valence-electron chi connectivity index (χ1n) is 7.53. The molecule has 2 heterocycles. The summed E-state index contributed by atoms with van der Waals surface area (Å²) in [5.74, 6) is -0.842. The Morgan fingerprint density at radius 1 is 1.30 bits per heavy atom. The second kappa shape index (κ2) is 7.24. The van der Waals surface area contributed by atoms with E-state index in [1.165, 1.54) is 6.20 Å². The third-order valence-electron chi connectivity index (χ3n) is 3.60. The van der Waals surface area contributed by atoms with E-state index in [2.05, 4.69) is 15.5 Å². The van der Waals surface area contributed by atoms with Gasteiger partial charge in [-0.25, -0.2) is 0 Å². The maximum absolute atomic E-state index is 13.0. The highest BCUT2D eigenvalue weighted by atomic mass is 35.5. The summed E-state index contributed by atoms with van der Waals surface area (Å²) in [4.78, 5) is 12.3. The Morgan fingerprint density at radius 3 is 2.63 bits per heavy atom. The van der Waals surface area contributed by atoms with E-state index in [0.717, 1.165) is 12.6 Å². The minimum atomic E-state index is -4.72. The first kappa shape index (κ1) is 19.2. The van der Waals surface area contributed by atoms with Gasteiger partial charge in [0.25, 0.3) is 5.91 Å². The number of hydrogen-bond donors (Lipinski definition) is 1. The summed E-state index contributed by atoms with van der Waals surface area (Å²) < 4.78 is 41.1. The number of anilines is 1. The van der Waals surface area contributed by atoms with Gasteiger partial charge in [0, 0.05) is 18.9 Å². The first-order valence-corrected chi connectivity index (χ1v) is 8.28. The van der Waals surface area contributed by atoms with Crippen LogP contribution < -0.4 is 5.32 Å². The number of rotatable bonds is 4. The van der Waals surface area contributed by atoms with Crippen molar-refractivity contribution in [3.05, 3.63) is 63.7 Å². The van der Waals surface area contributed by atoms with Crippen LogP contribution in [0.2, 0.25) is 10.0 Å². The third-order valence-corrected chi connectivity index (χ3v) is 4.16. The summed E-state index contributed by atoms with van der Waals surface area (Å²) in [5, 5.41) is 9.89. The van der Waals surface area contributed by atoms with Crippen molar-refractivity contribution in [2.45, 2.75) is 12.7 Å². The largest absolute Gasteiger partial charge is 0.434 e. The Hall–Kier alpha value is -2.52. The van der Waals surface area contributed by atoms with Gasteiger partial charge in [0.2, 0.25) is 0 Å².